The van der Waals surface area contributed by atoms with Crippen LogP contribution in [0.2, 0.25) is 0 Å². The summed E-state index contributed by atoms with van der Waals surface area (Å²) in [5, 5.41) is 0.0544. The summed E-state index contributed by atoms with van der Waals surface area (Å²) in [6.45, 7) is 6.64. The molecule has 0 radical (unpaired) electrons. The van der Waals surface area contributed by atoms with Gasteiger partial charge in [0.05, 0.1) is 16.9 Å². The zero-order valence-electron chi connectivity index (χ0n) is 24.7. The van der Waals surface area contributed by atoms with Crippen molar-refractivity contribution in [2.24, 2.45) is 0 Å². The molecule has 1 aromatic heterocycles. The number of benzene rings is 1. The van der Waals surface area contributed by atoms with Crippen molar-refractivity contribution in [3.8, 4) is 5.75 Å². The van der Waals surface area contributed by atoms with Gasteiger partial charge in [-0.2, -0.15) is 0 Å². The minimum Gasteiger partial charge on any atom is -0.487 e. The van der Waals surface area contributed by atoms with Crippen LogP contribution in [0.4, 0.5) is 10.1 Å². The third kappa shape index (κ3) is 7.58. The highest BCUT2D eigenvalue weighted by molar-refractivity contribution is 5.98. The number of aromatic nitrogens is 1. The third-order valence-corrected chi connectivity index (χ3v) is 8.08. The highest BCUT2D eigenvalue weighted by Crippen LogP contribution is 2.42. The maximum absolute atomic E-state index is 15.5. The topological polar surface area (TPSA) is 90.3 Å². The number of pyridine rings is 1. The maximum atomic E-state index is 15.5. The average Bonchev–Trinajstić information content (AvgIpc) is 2.95. The van der Waals surface area contributed by atoms with Gasteiger partial charge in [0, 0.05) is 38.8 Å². The maximum Gasteiger partial charge on any atom is 0.346 e. The molecular weight excluding hydrogens is 529 g/mol. The number of carbonyl (C=O) groups is 2. The van der Waals surface area contributed by atoms with Crippen molar-refractivity contribution in [3.63, 3.8) is 0 Å². The van der Waals surface area contributed by atoms with Crippen LogP contribution in [-0.4, -0.2) is 68.0 Å². The summed E-state index contributed by atoms with van der Waals surface area (Å²) in [6.07, 6.45) is 12.0. The van der Waals surface area contributed by atoms with Crippen molar-refractivity contribution < 1.29 is 28.2 Å². The first-order chi connectivity index (χ1) is 19.8. The molecule has 0 spiro atoms. The number of esters is 2. The Morgan fingerprint density at radius 2 is 1.66 bits per heavy atom. The normalized spacial score (nSPS) is 17.0. The molecule has 0 bridgehead atoms. The van der Waals surface area contributed by atoms with E-state index in [1.807, 2.05) is 18.9 Å². The van der Waals surface area contributed by atoms with Crippen molar-refractivity contribution in [2.45, 2.75) is 84.1 Å². The van der Waals surface area contributed by atoms with E-state index >= 15 is 4.39 Å². The molecular formula is C31H44FN3O6. The van der Waals surface area contributed by atoms with Gasteiger partial charge in [-0.1, -0.05) is 58.3 Å². The van der Waals surface area contributed by atoms with Gasteiger partial charge < -0.3 is 28.6 Å². The van der Waals surface area contributed by atoms with Crippen molar-refractivity contribution >= 4 is 28.5 Å². The number of likely N-dealkylation sites (N-methyl/N-ethyl adjacent to an activating group) is 1. The van der Waals surface area contributed by atoms with Crippen LogP contribution in [0.5, 0.6) is 5.75 Å². The predicted octanol–water partition coefficient (Wildman–Crippen LogP) is 5.42. The summed E-state index contributed by atoms with van der Waals surface area (Å²) in [5.41, 5.74) is -0.0724. The smallest absolute Gasteiger partial charge is 0.346 e. The molecule has 2 aliphatic heterocycles. The van der Waals surface area contributed by atoms with Gasteiger partial charge in [0.1, 0.15) is 17.9 Å². The van der Waals surface area contributed by atoms with Crippen molar-refractivity contribution in [3.05, 3.63) is 33.9 Å². The number of anilines is 1. The number of hydrogen-bond acceptors (Lipinski definition) is 8. The molecule has 3 heterocycles. The monoisotopic (exact) mass is 573 g/mol. The Morgan fingerprint density at radius 3 is 2.34 bits per heavy atom. The summed E-state index contributed by atoms with van der Waals surface area (Å²) in [7, 11) is 2.02. The number of halogens is 1. The first kappa shape index (κ1) is 30.8. The van der Waals surface area contributed by atoms with E-state index in [1.165, 1.54) is 50.8 Å². The van der Waals surface area contributed by atoms with E-state index in [4.69, 9.17) is 14.2 Å². The van der Waals surface area contributed by atoms with Crippen molar-refractivity contribution in [1.82, 2.24) is 9.47 Å². The summed E-state index contributed by atoms with van der Waals surface area (Å²) in [5.74, 6) is -1.60. The lowest BCUT2D eigenvalue weighted by Gasteiger charge is -2.37. The fourth-order valence-electron chi connectivity index (χ4n) is 5.56. The van der Waals surface area contributed by atoms with Crippen molar-refractivity contribution in [2.75, 3.05) is 51.5 Å². The average molecular weight is 574 g/mol. The van der Waals surface area contributed by atoms with E-state index in [1.54, 1.807) is 4.57 Å². The van der Waals surface area contributed by atoms with E-state index < -0.39 is 30.0 Å². The first-order valence-electron chi connectivity index (χ1n) is 15.1. The quantitative estimate of drug-likeness (QED) is 0.168. The van der Waals surface area contributed by atoms with E-state index in [0.717, 1.165) is 32.4 Å². The molecule has 10 heteroatoms. The fourth-order valence-corrected chi connectivity index (χ4v) is 5.56. The molecule has 9 nitrogen and oxygen atoms in total. The van der Waals surface area contributed by atoms with Crippen LogP contribution in [0.25, 0.3) is 10.9 Å². The fraction of sp³-hybridized carbons (Fsp3) is 0.645. The van der Waals surface area contributed by atoms with Gasteiger partial charge in [0.25, 0.3) is 0 Å². The van der Waals surface area contributed by atoms with Gasteiger partial charge in [0.2, 0.25) is 12.2 Å². The highest BCUT2D eigenvalue weighted by atomic mass is 19.1. The van der Waals surface area contributed by atoms with E-state index in [2.05, 4.69) is 11.8 Å². The summed E-state index contributed by atoms with van der Waals surface area (Å²) in [4.78, 5) is 42.4. The Morgan fingerprint density at radius 1 is 1.00 bits per heavy atom. The number of piperazine rings is 1. The van der Waals surface area contributed by atoms with Gasteiger partial charge in [-0.15, -0.1) is 0 Å². The second-order valence-corrected chi connectivity index (χ2v) is 11.3. The van der Waals surface area contributed by atoms with Crippen LogP contribution in [0, 0.1) is 5.82 Å². The van der Waals surface area contributed by atoms with Gasteiger partial charge in [0.15, 0.2) is 11.6 Å². The molecule has 0 aliphatic carbocycles. The second-order valence-electron chi connectivity index (χ2n) is 11.3. The lowest BCUT2D eigenvalue weighted by molar-refractivity contribution is -0.152. The SMILES string of the molecule is CCCCCCCCCCCC(=O)OCOC(=O)c1cn2c3c(c(N4CCN(C)CC4)c(F)cc3c1=O)OC[C@@H]2C. The molecule has 1 atom stereocenters. The molecule has 0 unspecified atom stereocenters. The van der Waals surface area contributed by atoms with Gasteiger partial charge in [-0.05, 0) is 26.5 Å². The molecule has 1 saturated heterocycles. The molecule has 0 N–H and O–H groups in total. The number of ether oxygens (including phenoxy) is 3. The number of hydrogen-bond donors (Lipinski definition) is 0. The highest BCUT2D eigenvalue weighted by Gasteiger charge is 2.31. The second kappa shape index (κ2) is 14.7. The standard InChI is InChI=1S/C31H44FN3O6/c1-4-5-6-7-8-9-10-11-12-13-26(36)40-21-41-31(38)24-19-35-22(2)20-39-30-27(35)23(29(24)37)18-25(32)28(30)34-16-14-33(3)15-17-34/h18-19,22H,4-17,20-21H2,1-3H3/t22-/m0/s1. The van der Waals surface area contributed by atoms with Gasteiger partial charge >= 0.3 is 11.9 Å². The van der Waals surface area contributed by atoms with Crippen LogP contribution in [0.3, 0.4) is 0 Å². The lowest BCUT2D eigenvalue weighted by atomic mass is 10.1. The van der Waals surface area contributed by atoms with Crippen LogP contribution < -0.4 is 15.1 Å². The van der Waals surface area contributed by atoms with E-state index in [0.29, 0.717) is 30.0 Å². The molecule has 2 aliphatic rings. The number of nitrogens with zero attached hydrogens (tertiary/aromatic N) is 3. The first-order valence-corrected chi connectivity index (χ1v) is 15.1. The summed E-state index contributed by atoms with van der Waals surface area (Å²) in [6, 6.07) is 0.992. The van der Waals surface area contributed by atoms with E-state index in [9.17, 15) is 14.4 Å². The third-order valence-electron chi connectivity index (χ3n) is 8.08. The van der Waals surface area contributed by atoms with Crippen LogP contribution in [0.15, 0.2) is 17.1 Å². The molecule has 0 amide bonds. The Labute approximate surface area is 241 Å². The van der Waals surface area contributed by atoms with Gasteiger partial charge in [-0.25, -0.2) is 9.18 Å². The zero-order valence-corrected chi connectivity index (χ0v) is 24.7. The number of carbonyl (C=O) groups excluding carboxylic acids is 2. The Kier molecular flexibility index (Phi) is 11.0. The van der Waals surface area contributed by atoms with Gasteiger partial charge in [-0.3, -0.25) is 9.59 Å². The predicted molar refractivity (Wildman–Crippen MR) is 156 cm³/mol. The Bertz CT molecular complexity index is 1270. The minimum absolute atomic E-state index is 0.0544. The molecule has 226 valence electrons. The number of unbranched alkanes of at least 4 members (excludes halogenated alkanes) is 8. The van der Waals surface area contributed by atoms with Crippen LogP contribution >= 0.6 is 0 Å². The zero-order chi connectivity index (χ0) is 29.4. The largest absolute Gasteiger partial charge is 0.487 e. The van der Waals surface area contributed by atoms with Crippen LogP contribution in [0.1, 0.15) is 94.5 Å². The molecule has 0 saturated carbocycles. The minimum atomic E-state index is -0.916. The molecule has 4 rings (SSSR count). The van der Waals surface area contributed by atoms with Crippen LogP contribution in [-0.2, 0) is 14.3 Å². The summed E-state index contributed by atoms with van der Waals surface area (Å²) >= 11 is 0. The lowest BCUT2D eigenvalue weighted by Crippen LogP contribution is -2.45. The Balaban J connectivity index is 1.36. The molecule has 1 fully saturated rings. The molecule has 41 heavy (non-hydrogen) atoms. The molecule has 1 aromatic carbocycles. The summed E-state index contributed by atoms with van der Waals surface area (Å²) < 4.78 is 33.5. The van der Waals surface area contributed by atoms with E-state index in [-0.39, 0.29) is 30.0 Å². The molecule has 2 aromatic rings. The number of rotatable bonds is 14. The van der Waals surface area contributed by atoms with Crippen molar-refractivity contribution in [1.29, 1.82) is 0 Å². The Hall–Kier alpha value is -3.14.